The highest BCUT2D eigenvalue weighted by Crippen LogP contribution is 2.29. The number of ether oxygens (including phenoxy) is 2. The third-order valence-electron chi connectivity index (χ3n) is 3.33. The largest absolute Gasteiger partial charge is 0.496 e. The Kier molecular flexibility index (Phi) is 3.35. The fourth-order valence-electron chi connectivity index (χ4n) is 2.30. The molecule has 1 fully saturated rings. The van der Waals surface area contributed by atoms with E-state index in [1.54, 1.807) is 13.3 Å². The van der Waals surface area contributed by atoms with Crippen molar-refractivity contribution in [1.82, 2.24) is 4.98 Å². The molecule has 0 aliphatic carbocycles. The third kappa shape index (κ3) is 2.42. The first kappa shape index (κ1) is 12.3. The second-order valence-corrected chi connectivity index (χ2v) is 4.75. The van der Waals surface area contributed by atoms with Gasteiger partial charge < -0.3 is 14.6 Å². The molecule has 1 N–H and O–H groups in total. The summed E-state index contributed by atoms with van der Waals surface area (Å²) in [6.45, 7) is 4.96. The standard InChI is InChI=1S/C13H19NO3/c1-9-7-14-11(10(2)12(9)16-3)6-13(15)4-5-17-8-13/h7,15H,4-6,8H2,1-3H3. The smallest absolute Gasteiger partial charge is 0.128 e. The highest BCUT2D eigenvalue weighted by molar-refractivity contribution is 5.41. The SMILES string of the molecule is COc1c(C)cnc(CC2(O)CCOC2)c1C. The second kappa shape index (κ2) is 4.63. The van der Waals surface area contributed by atoms with Crippen molar-refractivity contribution in [1.29, 1.82) is 0 Å². The average molecular weight is 237 g/mol. The maximum absolute atomic E-state index is 10.3. The van der Waals surface area contributed by atoms with Crippen molar-refractivity contribution < 1.29 is 14.6 Å². The van der Waals surface area contributed by atoms with Crippen molar-refractivity contribution in [3.63, 3.8) is 0 Å². The molecule has 2 heterocycles. The van der Waals surface area contributed by atoms with Gasteiger partial charge in [-0.3, -0.25) is 4.98 Å². The Hall–Kier alpha value is -1.13. The molecule has 1 aromatic heterocycles. The lowest BCUT2D eigenvalue weighted by Gasteiger charge is -2.21. The van der Waals surface area contributed by atoms with Gasteiger partial charge >= 0.3 is 0 Å². The number of nitrogens with zero attached hydrogens (tertiary/aromatic N) is 1. The molecule has 0 radical (unpaired) electrons. The van der Waals surface area contributed by atoms with Gasteiger partial charge in [0.05, 0.1) is 19.3 Å². The number of aliphatic hydroxyl groups is 1. The highest BCUT2D eigenvalue weighted by Gasteiger charge is 2.33. The van der Waals surface area contributed by atoms with Crippen LogP contribution in [0.5, 0.6) is 5.75 Å². The number of rotatable bonds is 3. The molecule has 1 saturated heterocycles. The molecule has 0 spiro atoms. The highest BCUT2D eigenvalue weighted by atomic mass is 16.5. The van der Waals surface area contributed by atoms with Gasteiger partial charge in [-0.15, -0.1) is 0 Å². The van der Waals surface area contributed by atoms with E-state index < -0.39 is 5.60 Å². The molecular weight excluding hydrogens is 218 g/mol. The summed E-state index contributed by atoms with van der Waals surface area (Å²) in [5, 5.41) is 10.3. The molecule has 4 nitrogen and oxygen atoms in total. The van der Waals surface area contributed by atoms with Gasteiger partial charge in [-0.25, -0.2) is 0 Å². The van der Waals surface area contributed by atoms with Gasteiger partial charge in [0.25, 0.3) is 0 Å². The normalized spacial score (nSPS) is 24.0. The second-order valence-electron chi connectivity index (χ2n) is 4.75. The molecule has 2 rings (SSSR count). The maximum atomic E-state index is 10.3. The van der Waals surface area contributed by atoms with Gasteiger partial charge in [0.15, 0.2) is 0 Å². The van der Waals surface area contributed by atoms with Crippen LogP contribution in [-0.2, 0) is 11.2 Å². The fourth-order valence-corrected chi connectivity index (χ4v) is 2.30. The Morgan fingerprint density at radius 2 is 2.29 bits per heavy atom. The molecule has 1 atom stereocenters. The van der Waals surface area contributed by atoms with Crippen LogP contribution in [0.4, 0.5) is 0 Å². The molecule has 0 bridgehead atoms. The first-order valence-electron chi connectivity index (χ1n) is 5.85. The van der Waals surface area contributed by atoms with Crippen LogP contribution in [0.1, 0.15) is 23.2 Å². The monoisotopic (exact) mass is 237 g/mol. The minimum absolute atomic E-state index is 0.393. The van der Waals surface area contributed by atoms with Crippen LogP contribution >= 0.6 is 0 Å². The van der Waals surface area contributed by atoms with Crippen molar-refractivity contribution >= 4 is 0 Å². The predicted octanol–water partition coefficient (Wildman–Crippen LogP) is 1.40. The van der Waals surface area contributed by atoms with Gasteiger partial charge in [0.2, 0.25) is 0 Å². The molecule has 4 heteroatoms. The van der Waals surface area contributed by atoms with Gasteiger partial charge in [-0.1, -0.05) is 0 Å². The van der Waals surface area contributed by atoms with Gasteiger partial charge in [-0.2, -0.15) is 0 Å². The zero-order valence-electron chi connectivity index (χ0n) is 10.6. The molecule has 0 aromatic carbocycles. The van der Waals surface area contributed by atoms with Crippen molar-refractivity contribution in [3.8, 4) is 5.75 Å². The van der Waals surface area contributed by atoms with E-state index in [1.807, 2.05) is 13.8 Å². The van der Waals surface area contributed by atoms with Crippen molar-refractivity contribution in [2.24, 2.45) is 0 Å². The Labute approximate surface area is 102 Å². The molecule has 1 aromatic rings. The molecule has 0 amide bonds. The summed E-state index contributed by atoms with van der Waals surface area (Å²) in [6, 6.07) is 0. The van der Waals surface area contributed by atoms with Crippen LogP contribution in [0.2, 0.25) is 0 Å². The maximum Gasteiger partial charge on any atom is 0.128 e. The minimum Gasteiger partial charge on any atom is -0.496 e. The predicted molar refractivity (Wildman–Crippen MR) is 64.4 cm³/mol. The van der Waals surface area contributed by atoms with E-state index in [2.05, 4.69) is 4.98 Å². The van der Waals surface area contributed by atoms with E-state index in [0.717, 1.165) is 22.6 Å². The topological polar surface area (TPSA) is 51.6 Å². The lowest BCUT2D eigenvalue weighted by molar-refractivity contribution is 0.0261. The number of hydrogen-bond donors (Lipinski definition) is 1. The van der Waals surface area contributed by atoms with E-state index in [1.165, 1.54) is 0 Å². The lowest BCUT2D eigenvalue weighted by Crippen LogP contribution is -2.32. The summed E-state index contributed by atoms with van der Waals surface area (Å²) in [5.41, 5.74) is 2.15. The Morgan fingerprint density at radius 1 is 1.53 bits per heavy atom. The molecule has 1 unspecified atom stereocenters. The quantitative estimate of drug-likeness (QED) is 0.863. The van der Waals surface area contributed by atoms with Crippen LogP contribution in [0.15, 0.2) is 6.20 Å². The first-order valence-corrected chi connectivity index (χ1v) is 5.85. The molecule has 17 heavy (non-hydrogen) atoms. The summed E-state index contributed by atoms with van der Waals surface area (Å²) < 4.78 is 10.6. The summed E-state index contributed by atoms with van der Waals surface area (Å²) in [7, 11) is 1.66. The van der Waals surface area contributed by atoms with Crippen LogP contribution < -0.4 is 4.74 Å². The Balaban J connectivity index is 2.27. The summed E-state index contributed by atoms with van der Waals surface area (Å²) in [6.07, 6.45) is 2.99. The van der Waals surface area contributed by atoms with Crippen molar-refractivity contribution in [2.45, 2.75) is 32.3 Å². The van der Waals surface area contributed by atoms with Gasteiger partial charge in [0.1, 0.15) is 5.75 Å². The van der Waals surface area contributed by atoms with E-state index in [4.69, 9.17) is 9.47 Å². The van der Waals surface area contributed by atoms with E-state index >= 15 is 0 Å². The number of methoxy groups -OCH3 is 1. The van der Waals surface area contributed by atoms with E-state index in [9.17, 15) is 5.11 Å². The van der Waals surface area contributed by atoms with Crippen molar-refractivity contribution in [2.75, 3.05) is 20.3 Å². The van der Waals surface area contributed by atoms with Crippen molar-refractivity contribution in [3.05, 3.63) is 23.0 Å². The Bertz CT molecular complexity index is 411. The molecule has 1 aliphatic rings. The number of aryl methyl sites for hydroxylation is 1. The number of aromatic nitrogens is 1. The Morgan fingerprint density at radius 3 is 2.88 bits per heavy atom. The first-order chi connectivity index (χ1) is 8.06. The van der Waals surface area contributed by atoms with Crippen LogP contribution in [0, 0.1) is 13.8 Å². The van der Waals surface area contributed by atoms with Gasteiger partial charge in [-0.05, 0) is 13.8 Å². The van der Waals surface area contributed by atoms with Gasteiger partial charge in [0, 0.05) is 42.5 Å². The zero-order chi connectivity index (χ0) is 12.5. The fraction of sp³-hybridized carbons (Fsp3) is 0.615. The molecule has 94 valence electrons. The zero-order valence-corrected chi connectivity index (χ0v) is 10.6. The third-order valence-corrected chi connectivity index (χ3v) is 3.33. The van der Waals surface area contributed by atoms with Crippen LogP contribution in [0.25, 0.3) is 0 Å². The number of pyridine rings is 1. The van der Waals surface area contributed by atoms with E-state index in [0.29, 0.717) is 26.1 Å². The number of hydrogen-bond acceptors (Lipinski definition) is 4. The minimum atomic E-state index is -0.766. The summed E-state index contributed by atoms with van der Waals surface area (Å²) in [4.78, 5) is 4.40. The summed E-state index contributed by atoms with van der Waals surface area (Å²) >= 11 is 0. The van der Waals surface area contributed by atoms with Crippen LogP contribution in [-0.4, -0.2) is 36.0 Å². The van der Waals surface area contributed by atoms with Crippen LogP contribution in [0.3, 0.4) is 0 Å². The lowest BCUT2D eigenvalue weighted by atomic mass is 9.94. The van der Waals surface area contributed by atoms with E-state index in [-0.39, 0.29) is 0 Å². The molecule has 0 saturated carbocycles. The average Bonchev–Trinajstić information content (AvgIpc) is 2.71. The molecule has 1 aliphatic heterocycles. The summed E-state index contributed by atoms with van der Waals surface area (Å²) in [5.74, 6) is 0.859. The molecular formula is C13H19NO3.